The number of phenolic OH excluding ortho intramolecular Hbond substituents is 2. The second kappa shape index (κ2) is 8.32. The fourth-order valence-corrected chi connectivity index (χ4v) is 2.50. The zero-order chi connectivity index (χ0) is 19.3. The molecule has 0 heterocycles. The van der Waals surface area contributed by atoms with Gasteiger partial charge in [0.25, 0.3) is 0 Å². The summed E-state index contributed by atoms with van der Waals surface area (Å²) in [5.74, 6) is -2.24. The first-order chi connectivity index (χ1) is 12.3. The minimum absolute atomic E-state index is 0.0160. The molecule has 0 saturated heterocycles. The summed E-state index contributed by atoms with van der Waals surface area (Å²) in [7, 11) is 0. The maximum atomic E-state index is 11.6. The van der Waals surface area contributed by atoms with Crippen LogP contribution in [0, 0.1) is 0 Å². The van der Waals surface area contributed by atoms with E-state index >= 15 is 0 Å². The first-order valence-corrected chi connectivity index (χ1v) is 7.83. The third-order valence-electron chi connectivity index (χ3n) is 3.78. The van der Waals surface area contributed by atoms with Crippen LogP contribution in [-0.4, -0.2) is 38.5 Å². The molecule has 0 saturated carbocycles. The second-order valence-corrected chi connectivity index (χ2v) is 5.78. The number of carboxylic acids is 2. The maximum Gasteiger partial charge on any atom is 0.325 e. The van der Waals surface area contributed by atoms with Gasteiger partial charge in [0.05, 0.1) is 6.17 Å². The average Bonchev–Trinajstić information content (AvgIpc) is 2.59. The van der Waals surface area contributed by atoms with Crippen LogP contribution in [0.1, 0.15) is 30.1 Å². The predicted octanol–water partition coefficient (Wildman–Crippen LogP) is 1.57. The topological polar surface area (TPSA) is 139 Å². The molecule has 0 spiro atoms. The van der Waals surface area contributed by atoms with E-state index < -0.39 is 30.2 Å². The summed E-state index contributed by atoms with van der Waals surface area (Å²) in [6.07, 6.45) is -0.667. The predicted molar refractivity (Wildman–Crippen MR) is 92.7 cm³/mol. The Labute approximate surface area is 149 Å². The Morgan fingerprint density at radius 2 is 1.04 bits per heavy atom. The molecule has 2 aromatic rings. The van der Waals surface area contributed by atoms with Crippen LogP contribution in [0.2, 0.25) is 0 Å². The number of hydrogen-bond donors (Lipinski definition) is 6. The minimum atomic E-state index is -1.14. The van der Waals surface area contributed by atoms with Crippen LogP contribution in [0.4, 0.5) is 0 Å². The van der Waals surface area contributed by atoms with E-state index in [2.05, 4.69) is 10.6 Å². The highest BCUT2D eigenvalue weighted by Gasteiger charge is 2.26. The number of benzene rings is 2. The summed E-state index contributed by atoms with van der Waals surface area (Å²) < 4.78 is 0. The molecule has 0 aliphatic carbocycles. The lowest BCUT2D eigenvalue weighted by atomic mass is 10.1. The van der Waals surface area contributed by atoms with Crippen molar-refractivity contribution in [3.05, 3.63) is 59.7 Å². The van der Waals surface area contributed by atoms with Gasteiger partial charge in [0.15, 0.2) is 0 Å². The number of carboxylic acid groups (broad SMARTS) is 2. The average molecular weight is 360 g/mol. The van der Waals surface area contributed by atoms with Crippen LogP contribution in [-0.2, 0) is 9.59 Å². The molecule has 0 aliphatic heterocycles. The van der Waals surface area contributed by atoms with Crippen LogP contribution in [0.25, 0.3) is 0 Å². The molecule has 2 atom stereocenters. The summed E-state index contributed by atoms with van der Waals surface area (Å²) in [6.45, 7) is 1.60. The Morgan fingerprint density at radius 1 is 0.731 bits per heavy atom. The Balaban J connectivity index is 2.13. The zero-order valence-corrected chi connectivity index (χ0v) is 14.0. The largest absolute Gasteiger partial charge is 0.508 e. The van der Waals surface area contributed by atoms with Crippen LogP contribution in [0.3, 0.4) is 0 Å². The molecule has 2 rings (SSSR count). The van der Waals surface area contributed by atoms with Crippen molar-refractivity contribution >= 4 is 11.9 Å². The molecule has 8 nitrogen and oxygen atoms in total. The van der Waals surface area contributed by atoms with Crippen molar-refractivity contribution in [3.63, 3.8) is 0 Å². The van der Waals surface area contributed by atoms with Gasteiger partial charge in [-0.15, -0.1) is 0 Å². The Hall–Kier alpha value is -3.10. The van der Waals surface area contributed by atoms with E-state index in [1.165, 1.54) is 48.5 Å². The molecule has 0 bridgehead atoms. The van der Waals surface area contributed by atoms with E-state index in [9.17, 15) is 30.0 Å². The molecule has 6 N–H and O–H groups in total. The highest BCUT2D eigenvalue weighted by Crippen LogP contribution is 2.20. The zero-order valence-electron chi connectivity index (χ0n) is 14.0. The van der Waals surface area contributed by atoms with E-state index in [1.807, 2.05) is 0 Å². The summed E-state index contributed by atoms with van der Waals surface area (Å²) >= 11 is 0. The van der Waals surface area contributed by atoms with Gasteiger partial charge in [-0.3, -0.25) is 20.2 Å². The smallest absolute Gasteiger partial charge is 0.325 e. The molecule has 2 aromatic carbocycles. The Kier molecular flexibility index (Phi) is 6.16. The number of aliphatic carboxylic acids is 2. The van der Waals surface area contributed by atoms with Crippen molar-refractivity contribution in [2.24, 2.45) is 0 Å². The third kappa shape index (κ3) is 4.95. The molecule has 0 radical (unpaired) electrons. The van der Waals surface area contributed by atoms with Crippen LogP contribution >= 0.6 is 0 Å². The number of aromatic hydroxyl groups is 2. The van der Waals surface area contributed by atoms with Crippen LogP contribution in [0.15, 0.2) is 48.5 Å². The van der Waals surface area contributed by atoms with Gasteiger partial charge in [-0.25, -0.2) is 0 Å². The highest BCUT2D eigenvalue weighted by atomic mass is 16.4. The van der Waals surface area contributed by atoms with Gasteiger partial charge in [0, 0.05) is 0 Å². The van der Waals surface area contributed by atoms with Crippen molar-refractivity contribution in [2.75, 3.05) is 0 Å². The number of hydrogen-bond acceptors (Lipinski definition) is 6. The molecule has 8 heteroatoms. The molecular weight excluding hydrogens is 340 g/mol. The normalized spacial score (nSPS) is 14.3. The number of phenols is 2. The summed E-state index contributed by atoms with van der Waals surface area (Å²) in [4.78, 5) is 23.1. The van der Waals surface area contributed by atoms with Crippen molar-refractivity contribution in [1.29, 1.82) is 0 Å². The van der Waals surface area contributed by atoms with E-state index in [1.54, 1.807) is 6.92 Å². The number of carbonyl (C=O) groups is 2. The molecule has 0 amide bonds. The number of rotatable bonds is 8. The molecule has 138 valence electrons. The van der Waals surface area contributed by atoms with Gasteiger partial charge in [0.2, 0.25) is 0 Å². The van der Waals surface area contributed by atoms with Gasteiger partial charge < -0.3 is 20.4 Å². The lowest BCUT2D eigenvalue weighted by Gasteiger charge is -2.25. The molecule has 0 aliphatic rings. The summed E-state index contributed by atoms with van der Waals surface area (Å²) in [6, 6.07) is 9.22. The second-order valence-electron chi connectivity index (χ2n) is 5.78. The standard InChI is InChI=1S/C18H20N2O6/c1-10(19-15(17(23)24)11-2-6-13(21)7-3-11)20-16(18(25)26)12-4-8-14(22)9-5-12/h2-10,15-16,19-22H,1H3,(H,23,24)(H,25,26). The first-order valence-electron chi connectivity index (χ1n) is 7.83. The highest BCUT2D eigenvalue weighted by molar-refractivity contribution is 5.76. The summed E-state index contributed by atoms with van der Waals surface area (Å²) in [5.41, 5.74) is 0.834. The lowest BCUT2D eigenvalue weighted by molar-refractivity contribution is -0.140. The van der Waals surface area contributed by atoms with Gasteiger partial charge in [-0.2, -0.15) is 0 Å². The van der Waals surface area contributed by atoms with E-state index in [4.69, 9.17) is 0 Å². The number of nitrogens with one attached hydrogen (secondary N) is 2. The van der Waals surface area contributed by atoms with E-state index in [0.29, 0.717) is 11.1 Å². The fourth-order valence-electron chi connectivity index (χ4n) is 2.50. The first kappa shape index (κ1) is 19.2. The SMILES string of the molecule is CC(NC(C(=O)O)c1ccc(O)cc1)NC(C(=O)O)c1ccc(O)cc1. The van der Waals surface area contributed by atoms with Crippen molar-refractivity contribution < 1.29 is 30.0 Å². The Morgan fingerprint density at radius 3 is 1.31 bits per heavy atom. The van der Waals surface area contributed by atoms with Gasteiger partial charge in [-0.1, -0.05) is 24.3 Å². The van der Waals surface area contributed by atoms with Crippen LogP contribution in [0.5, 0.6) is 11.5 Å². The van der Waals surface area contributed by atoms with E-state index in [0.717, 1.165) is 0 Å². The molecule has 0 fully saturated rings. The lowest BCUT2D eigenvalue weighted by Crippen LogP contribution is -2.47. The minimum Gasteiger partial charge on any atom is -0.508 e. The van der Waals surface area contributed by atoms with Gasteiger partial charge >= 0.3 is 11.9 Å². The quantitative estimate of drug-likeness (QED) is 0.390. The van der Waals surface area contributed by atoms with Crippen molar-refractivity contribution in [3.8, 4) is 11.5 Å². The van der Waals surface area contributed by atoms with Gasteiger partial charge in [-0.05, 0) is 42.3 Å². The maximum absolute atomic E-state index is 11.6. The van der Waals surface area contributed by atoms with E-state index in [-0.39, 0.29) is 11.5 Å². The summed E-state index contributed by atoms with van der Waals surface area (Å²) in [5, 5.41) is 43.1. The molecular formula is C18H20N2O6. The molecule has 0 aromatic heterocycles. The fraction of sp³-hybridized carbons (Fsp3) is 0.222. The molecule has 26 heavy (non-hydrogen) atoms. The third-order valence-corrected chi connectivity index (χ3v) is 3.78. The monoisotopic (exact) mass is 360 g/mol. The van der Waals surface area contributed by atoms with Crippen molar-refractivity contribution in [1.82, 2.24) is 10.6 Å². The van der Waals surface area contributed by atoms with Crippen molar-refractivity contribution in [2.45, 2.75) is 25.2 Å². The molecule has 2 unspecified atom stereocenters. The van der Waals surface area contributed by atoms with Crippen LogP contribution < -0.4 is 10.6 Å². The Bertz CT molecular complexity index is 695. The van der Waals surface area contributed by atoms with Gasteiger partial charge in [0.1, 0.15) is 23.6 Å².